The number of unbranched alkanes of at least 4 members (excludes halogenated alkanes) is 2. The summed E-state index contributed by atoms with van der Waals surface area (Å²) in [5.41, 5.74) is 0. The van der Waals surface area contributed by atoms with E-state index in [9.17, 15) is 0 Å². The Bertz CT molecular complexity index is 378. The molecule has 0 radical (unpaired) electrons. The molecule has 2 aromatic heterocycles. The fraction of sp³-hybridized carbons (Fsp3) is 0.455. The lowest BCUT2D eigenvalue weighted by Gasteiger charge is -2.00. The maximum absolute atomic E-state index is 4.17. The van der Waals surface area contributed by atoms with Gasteiger partial charge < -0.3 is 9.97 Å². The van der Waals surface area contributed by atoms with E-state index in [-0.39, 0.29) is 0 Å². The molecule has 2 N–H and O–H groups in total. The van der Waals surface area contributed by atoms with Gasteiger partial charge in [-0.25, -0.2) is 9.97 Å². The van der Waals surface area contributed by atoms with Crippen molar-refractivity contribution in [3.8, 4) is 0 Å². The minimum Gasteiger partial charge on any atom is -0.339 e. The topological polar surface area (TPSA) is 57.4 Å². The average Bonchev–Trinajstić information content (AvgIpc) is 3.10. The van der Waals surface area contributed by atoms with Crippen molar-refractivity contribution in [1.29, 1.82) is 0 Å². The summed E-state index contributed by atoms with van der Waals surface area (Å²) in [6.45, 7) is 0. The fourth-order valence-corrected chi connectivity index (χ4v) is 5.18. The van der Waals surface area contributed by atoms with Crippen LogP contribution in [0.15, 0.2) is 35.1 Å². The molecule has 0 saturated heterocycles. The molecular weight excluding hydrogens is 316 g/mol. The predicted octanol–water partition coefficient (Wildman–Crippen LogP) is 4.48. The van der Waals surface area contributed by atoms with Gasteiger partial charge in [0.1, 0.15) is 0 Å². The number of nitrogens with zero attached hydrogens (tertiary/aromatic N) is 2. The van der Waals surface area contributed by atoms with Crippen LogP contribution in [0.3, 0.4) is 0 Å². The molecule has 4 nitrogen and oxygen atoms in total. The smallest absolute Gasteiger partial charge is 0.176 e. The zero-order chi connectivity index (χ0) is 13.2. The van der Waals surface area contributed by atoms with Gasteiger partial charge in [0.2, 0.25) is 0 Å². The van der Waals surface area contributed by atoms with E-state index in [0.717, 1.165) is 10.3 Å². The number of aromatic amines is 2. The van der Waals surface area contributed by atoms with E-state index in [1.165, 1.54) is 30.8 Å². The van der Waals surface area contributed by atoms with Gasteiger partial charge in [-0.1, -0.05) is 28.0 Å². The Kier molecular flexibility index (Phi) is 7.75. The molecule has 0 bridgehead atoms. The molecule has 2 heterocycles. The summed E-state index contributed by atoms with van der Waals surface area (Å²) in [6, 6.07) is 0. The third-order valence-electron chi connectivity index (χ3n) is 2.18. The molecule has 2 rings (SSSR count). The number of imidazole rings is 2. The SMILES string of the molecule is c1c[nH]c(SSCCCCCSSc2ncc[nH]2)n1. The molecule has 0 spiro atoms. The van der Waals surface area contributed by atoms with E-state index in [4.69, 9.17) is 0 Å². The first-order valence-corrected chi connectivity index (χ1v) is 10.7. The summed E-state index contributed by atoms with van der Waals surface area (Å²) in [5, 5.41) is 1.99. The van der Waals surface area contributed by atoms with Crippen LogP contribution in [0.1, 0.15) is 19.3 Å². The summed E-state index contributed by atoms with van der Waals surface area (Å²) in [5.74, 6) is 2.36. The molecule has 0 unspecified atom stereocenters. The zero-order valence-electron chi connectivity index (χ0n) is 10.4. The van der Waals surface area contributed by atoms with Crippen LogP contribution in [0, 0.1) is 0 Å². The Morgan fingerprint density at radius 2 is 1.32 bits per heavy atom. The Labute approximate surface area is 128 Å². The molecule has 2 aromatic rings. The number of H-pyrrole nitrogens is 2. The normalized spacial score (nSPS) is 10.9. The first kappa shape index (κ1) is 15.2. The standard InChI is InChI=1S/C11H16N4S4/c1(2-8-16-18-10-12-4-5-13-10)3-9-17-19-11-14-6-7-15-11/h4-7H,1-3,8-9H2,(H,12,13)(H,14,15). The van der Waals surface area contributed by atoms with E-state index < -0.39 is 0 Å². The van der Waals surface area contributed by atoms with Crippen LogP contribution < -0.4 is 0 Å². The number of rotatable bonds is 10. The van der Waals surface area contributed by atoms with Gasteiger partial charge >= 0.3 is 0 Å². The Morgan fingerprint density at radius 3 is 1.74 bits per heavy atom. The van der Waals surface area contributed by atoms with E-state index in [1.54, 1.807) is 34.0 Å². The summed E-state index contributed by atoms with van der Waals surface area (Å²) in [7, 11) is 7.18. The number of hydrogen-bond acceptors (Lipinski definition) is 6. The van der Waals surface area contributed by atoms with Gasteiger partial charge in [0, 0.05) is 36.3 Å². The van der Waals surface area contributed by atoms with Crippen molar-refractivity contribution < 1.29 is 0 Å². The van der Waals surface area contributed by atoms with Crippen molar-refractivity contribution in [1.82, 2.24) is 19.9 Å². The van der Waals surface area contributed by atoms with Crippen molar-refractivity contribution in [2.75, 3.05) is 11.5 Å². The Balaban J connectivity index is 1.36. The molecule has 0 atom stereocenters. The van der Waals surface area contributed by atoms with Crippen molar-refractivity contribution in [2.45, 2.75) is 29.6 Å². The summed E-state index contributed by atoms with van der Waals surface area (Å²) in [6.07, 6.45) is 11.1. The van der Waals surface area contributed by atoms with Gasteiger partial charge in [-0.05, 0) is 34.4 Å². The molecular formula is C11H16N4S4. The maximum Gasteiger partial charge on any atom is 0.176 e. The third-order valence-corrected chi connectivity index (χ3v) is 6.74. The van der Waals surface area contributed by atoms with Crippen LogP contribution in [-0.2, 0) is 0 Å². The molecule has 0 saturated carbocycles. The fourth-order valence-electron chi connectivity index (χ4n) is 1.29. The van der Waals surface area contributed by atoms with E-state index in [0.29, 0.717) is 0 Å². The quantitative estimate of drug-likeness (QED) is 0.494. The lowest BCUT2D eigenvalue weighted by Crippen LogP contribution is -1.82. The van der Waals surface area contributed by atoms with Gasteiger partial charge in [0.25, 0.3) is 0 Å². The number of hydrogen-bond donors (Lipinski definition) is 2. The highest BCUT2D eigenvalue weighted by Gasteiger charge is 1.98. The molecule has 0 aliphatic carbocycles. The van der Waals surface area contributed by atoms with Crippen LogP contribution in [0.2, 0.25) is 0 Å². The molecule has 8 heteroatoms. The van der Waals surface area contributed by atoms with Gasteiger partial charge in [-0.15, -0.1) is 0 Å². The molecule has 104 valence electrons. The van der Waals surface area contributed by atoms with Crippen LogP contribution in [0.4, 0.5) is 0 Å². The van der Waals surface area contributed by atoms with Gasteiger partial charge in [0.05, 0.1) is 0 Å². The summed E-state index contributed by atoms with van der Waals surface area (Å²) in [4.78, 5) is 14.5. The van der Waals surface area contributed by atoms with Gasteiger partial charge in [-0.2, -0.15) is 0 Å². The minimum atomic E-state index is 0.996. The van der Waals surface area contributed by atoms with Crippen LogP contribution in [0.5, 0.6) is 0 Å². The zero-order valence-corrected chi connectivity index (χ0v) is 13.6. The molecule has 0 fully saturated rings. The highest BCUT2D eigenvalue weighted by molar-refractivity contribution is 8.77. The monoisotopic (exact) mass is 332 g/mol. The molecule has 0 amide bonds. The van der Waals surface area contributed by atoms with E-state index >= 15 is 0 Å². The molecule has 0 aliphatic heterocycles. The first-order chi connectivity index (χ1) is 9.45. The Hall–Kier alpha value is -0.180. The third kappa shape index (κ3) is 6.69. The summed E-state index contributed by atoms with van der Waals surface area (Å²) >= 11 is 0. The van der Waals surface area contributed by atoms with Gasteiger partial charge in [0.15, 0.2) is 10.3 Å². The lowest BCUT2D eigenvalue weighted by atomic mass is 10.3. The van der Waals surface area contributed by atoms with Crippen LogP contribution in [-0.4, -0.2) is 31.4 Å². The van der Waals surface area contributed by atoms with Crippen molar-refractivity contribution in [3.05, 3.63) is 24.8 Å². The van der Waals surface area contributed by atoms with Gasteiger partial charge in [-0.3, -0.25) is 0 Å². The minimum absolute atomic E-state index is 0.996. The number of aromatic nitrogens is 4. The highest BCUT2D eigenvalue weighted by Crippen LogP contribution is 2.30. The van der Waals surface area contributed by atoms with Crippen molar-refractivity contribution in [3.63, 3.8) is 0 Å². The maximum atomic E-state index is 4.17. The van der Waals surface area contributed by atoms with Crippen LogP contribution in [0.25, 0.3) is 0 Å². The van der Waals surface area contributed by atoms with Crippen molar-refractivity contribution in [2.24, 2.45) is 0 Å². The second-order valence-corrected chi connectivity index (χ2v) is 8.47. The summed E-state index contributed by atoms with van der Waals surface area (Å²) < 4.78 is 0. The largest absolute Gasteiger partial charge is 0.339 e. The molecule has 19 heavy (non-hydrogen) atoms. The molecule has 0 aliphatic rings. The van der Waals surface area contributed by atoms with Crippen molar-refractivity contribution >= 4 is 43.2 Å². The highest BCUT2D eigenvalue weighted by atomic mass is 33.1. The van der Waals surface area contributed by atoms with Crippen LogP contribution >= 0.6 is 43.2 Å². The predicted molar refractivity (Wildman–Crippen MR) is 87.7 cm³/mol. The second-order valence-electron chi connectivity index (χ2n) is 3.66. The Morgan fingerprint density at radius 1 is 0.789 bits per heavy atom. The lowest BCUT2D eigenvalue weighted by molar-refractivity contribution is 0.788. The average molecular weight is 333 g/mol. The van der Waals surface area contributed by atoms with E-state index in [2.05, 4.69) is 19.9 Å². The first-order valence-electron chi connectivity index (χ1n) is 6.03. The molecule has 0 aromatic carbocycles. The van der Waals surface area contributed by atoms with E-state index in [1.807, 2.05) is 34.0 Å². The second kappa shape index (κ2) is 9.68. The number of nitrogens with one attached hydrogen (secondary N) is 2.